The van der Waals surface area contributed by atoms with Crippen molar-refractivity contribution in [3.63, 3.8) is 0 Å². The first-order valence-corrected chi connectivity index (χ1v) is 5.96. The molecule has 0 atom stereocenters. The molecule has 0 aliphatic heterocycles. The minimum atomic E-state index is 0.211. The average molecular weight is 226 g/mol. The Morgan fingerprint density at radius 2 is 2.06 bits per heavy atom. The molecule has 2 aromatic rings. The summed E-state index contributed by atoms with van der Waals surface area (Å²) < 4.78 is 5.79. The van der Waals surface area contributed by atoms with Crippen LogP contribution in [0.1, 0.15) is 30.6 Å². The molecule has 0 N–H and O–H groups in total. The van der Waals surface area contributed by atoms with Crippen molar-refractivity contribution in [2.24, 2.45) is 0 Å². The van der Waals surface area contributed by atoms with Crippen LogP contribution in [0.3, 0.4) is 0 Å². The maximum Gasteiger partial charge on any atom is 0.156 e. The van der Waals surface area contributed by atoms with E-state index in [0.29, 0.717) is 6.42 Å². The second-order valence-electron chi connectivity index (χ2n) is 4.64. The van der Waals surface area contributed by atoms with Crippen LogP contribution in [0.5, 0.6) is 0 Å². The van der Waals surface area contributed by atoms with Crippen LogP contribution < -0.4 is 0 Å². The molecule has 3 rings (SSSR count). The van der Waals surface area contributed by atoms with E-state index in [9.17, 15) is 4.79 Å². The van der Waals surface area contributed by atoms with Gasteiger partial charge >= 0.3 is 0 Å². The predicted molar refractivity (Wildman–Crippen MR) is 67.8 cm³/mol. The number of ketones is 1. The number of furan rings is 1. The highest BCUT2D eigenvalue weighted by Crippen LogP contribution is 2.30. The average Bonchev–Trinajstić information content (AvgIpc) is 2.72. The molecule has 86 valence electrons. The molecule has 17 heavy (non-hydrogen) atoms. The van der Waals surface area contributed by atoms with Crippen LogP contribution in [0, 0.1) is 6.92 Å². The molecule has 1 aliphatic carbocycles. The summed E-state index contributed by atoms with van der Waals surface area (Å²) in [4.78, 5) is 11.4. The van der Waals surface area contributed by atoms with Gasteiger partial charge in [0.2, 0.25) is 0 Å². The smallest absolute Gasteiger partial charge is 0.156 e. The summed E-state index contributed by atoms with van der Waals surface area (Å²) in [6.45, 7) is 2.06. The third-order valence-electron chi connectivity index (χ3n) is 3.19. The number of rotatable bonds is 1. The summed E-state index contributed by atoms with van der Waals surface area (Å²) >= 11 is 0. The van der Waals surface area contributed by atoms with Gasteiger partial charge in [0.25, 0.3) is 0 Å². The lowest BCUT2D eigenvalue weighted by Crippen LogP contribution is -2.01. The molecule has 0 radical (unpaired) electrons. The lowest BCUT2D eigenvalue weighted by Gasteiger charge is -2.08. The van der Waals surface area contributed by atoms with Gasteiger partial charge in [0.05, 0.1) is 0 Å². The van der Waals surface area contributed by atoms with Crippen molar-refractivity contribution in [2.75, 3.05) is 0 Å². The van der Waals surface area contributed by atoms with Crippen molar-refractivity contribution in [3.05, 3.63) is 41.7 Å². The van der Waals surface area contributed by atoms with Gasteiger partial charge in [-0.15, -0.1) is 0 Å². The third kappa shape index (κ3) is 1.91. The molecule has 1 aromatic heterocycles. The highest BCUT2D eigenvalue weighted by molar-refractivity contribution is 5.98. The van der Waals surface area contributed by atoms with Gasteiger partial charge in [-0.05, 0) is 49.6 Å². The predicted octanol–water partition coefficient (Wildman–Crippen LogP) is 3.88. The van der Waals surface area contributed by atoms with Crippen LogP contribution in [0.15, 0.2) is 34.8 Å². The Balaban J connectivity index is 2.09. The lowest BCUT2D eigenvalue weighted by molar-refractivity contribution is -0.114. The molecule has 0 amide bonds. The van der Waals surface area contributed by atoms with Gasteiger partial charge in [0.1, 0.15) is 11.3 Å². The van der Waals surface area contributed by atoms with Crippen molar-refractivity contribution in [1.82, 2.24) is 0 Å². The molecule has 1 aliphatic rings. The van der Waals surface area contributed by atoms with Crippen LogP contribution in [-0.4, -0.2) is 5.78 Å². The Morgan fingerprint density at radius 3 is 2.88 bits per heavy atom. The van der Waals surface area contributed by atoms with Crippen molar-refractivity contribution < 1.29 is 9.21 Å². The van der Waals surface area contributed by atoms with Gasteiger partial charge < -0.3 is 4.42 Å². The quantitative estimate of drug-likeness (QED) is 0.738. The fraction of sp³-hybridized carbons (Fsp3) is 0.267. The van der Waals surface area contributed by atoms with E-state index in [4.69, 9.17) is 4.42 Å². The molecule has 0 bridgehead atoms. The first-order chi connectivity index (χ1) is 8.22. The zero-order valence-corrected chi connectivity index (χ0v) is 9.82. The highest BCUT2D eigenvalue weighted by atomic mass is 16.3. The molecule has 0 fully saturated rings. The van der Waals surface area contributed by atoms with Gasteiger partial charge in [-0.1, -0.05) is 11.6 Å². The first kappa shape index (κ1) is 10.3. The van der Waals surface area contributed by atoms with Crippen LogP contribution in [0.25, 0.3) is 16.5 Å². The molecule has 0 unspecified atom stereocenters. The fourth-order valence-electron chi connectivity index (χ4n) is 2.31. The second kappa shape index (κ2) is 3.88. The van der Waals surface area contributed by atoms with Gasteiger partial charge in [0.15, 0.2) is 5.78 Å². The minimum Gasteiger partial charge on any atom is -0.456 e. The van der Waals surface area contributed by atoms with E-state index in [2.05, 4.69) is 13.0 Å². The summed E-state index contributed by atoms with van der Waals surface area (Å²) in [5, 5.41) is 1.11. The molecular weight excluding hydrogens is 212 g/mol. The molecule has 0 saturated heterocycles. The molecule has 0 spiro atoms. The van der Waals surface area contributed by atoms with Gasteiger partial charge in [-0.3, -0.25) is 4.79 Å². The number of carbonyl (C=O) groups is 1. The normalized spacial score (nSPS) is 16.3. The molecule has 2 heteroatoms. The Labute approximate surface area is 99.9 Å². The van der Waals surface area contributed by atoms with Gasteiger partial charge in [-0.2, -0.15) is 0 Å². The molecular formula is C15H14O2. The summed E-state index contributed by atoms with van der Waals surface area (Å²) in [6, 6.07) is 8.16. The molecule has 2 nitrogen and oxygen atoms in total. The first-order valence-electron chi connectivity index (χ1n) is 5.96. The van der Waals surface area contributed by atoms with E-state index in [1.54, 1.807) is 6.08 Å². The number of hydrogen-bond donors (Lipinski definition) is 0. The number of hydrogen-bond acceptors (Lipinski definition) is 2. The number of allylic oxidation sites excluding steroid dienone is 2. The van der Waals surface area contributed by atoms with Crippen LogP contribution in [0.2, 0.25) is 0 Å². The Bertz CT molecular complexity index is 617. The van der Waals surface area contributed by atoms with E-state index in [1.165, 1.54) is 5.56 Å². The van der Waals surface area contributed by atoms with E-state index in [-0.39, 0.29) is 5.78 Å². The van der Waals surface area contributed by atoms with Gasteiger partial charge in [0, 0.05) is 11.8 Å². The van der Waals surface area contributed by atoms with E-state index in [1.807, 2.05) is 18.2 Å². The topological polar surface area (TPSA) is 30.2 Å². The summed E-state index contributed by atoms with van der Waals surface area (Å²) in [6.07, 6.45) is 4.27. The van der Waals surface area contributed by atoms with E-state index >= 15 is 0 Å². The third-order valence-corrected chi connectivity index (χ3v) is 3.19. The summed E-state index contributed by atoms with van der Waals surface area (Å²) in [5.74, 6) is 1.06. The maximum atomic E-state index is 11.4. The summed E-state index contributed by atoms with van der Waals surface area (Å²) in [7, 11) is 0. The van der Waals surface area contributed by atoms with E-state index < -0.39 is 0 Å². The molecule has 0 saturated carbocycles. The second-order valence-corrected chi connectivity index (χ2v) is 4.64. The zero-order chi connectivity index (χ0) is 11.8. The standard InChI is InChI=1S/C15H14O2/c1-10-5-6-14-12(7-10)9-15(17-14)11-3-2-4-13(16)8-11/h5-9H,2-4H2,1H3. The maximum absolute atomic E-state index is 11.4. The Kier molecular flexibility index (Phi) is 2.36. The highest BCUT2D eigenvalue weighted by Gasteiger charge is 2.15. The lowest BCUT2D eigenvalue weighted by atomic mass is 9.97. The summed E-state index contributed by atoms with van der Waals surface area (Å²) in [5.41, 5.74) is 3.15. The monoisotopic (exact) mass is 226 g/mol. The minimum absolute atomic E-state index is 0.211. The van der Waals surface area contributed by atoms with Crippen molar-refractivity contribution in [3.8, 4) is 0 Å². The molecule has 1 aromatic carbocycles. The SMILES string of the molecule is Cc1ccc2oc(C3=CC(=O)CCC3)cc2c1. The van der Waals surface area contributed by atoms with Crippen LogP contribution >= 0.6 is 0 Å². The number of aryl methyl sites for hydroxylation is 1. The Morgan fingerprint density at radius 1 is 1.18 bits per heavy atom. The zero-order valence-electron chi connectivity index (χ0n) is 9.82. The van der Waals surface area contributed by atoms with Crippen molar-refractivity contribution >= 4 is 22.3 Å². The fourth-order valence-corrected chi connectivity index (χ4v) is 2.31. The van der Waals surface area contributed by atoms with Crippen LogP contribution in [-0.2, 0) is 4.79 Å². The Hall–Kier alpha value is -1.83. The number of fused-ring (bicyclic) bond motifs is 1. The number of carbonyl (C=O) groups excluding carboxylic acids is 1. The van der Waals surface area contributed by atoms with Crippen molar-refractivity contribution in [2.45, 2.75) is 26.2 Å². The van der Waals surface area contributed by atoms with Crippen LogP contribution in [0.4, 0.5) is 0 Å². The van der Waals surface area contributed by atoms with Gasteiger partial charge in [-0.25, -0.2) is 0 Å². The van der Waals surface area contributed by atoms with E-state index in [0.717, 1.165) is 35.1 Å². The largest absolute Gasteiger partial charge is 0.456 e. The number of benzene rings is 1. The van der Waals surface area contributed by atoms with Crippen molar-refractivity contribution in [1.29, 1.82) is 0 Å². The molecule has 1 heterocycles.